The average molecular weight is 299 g/mol. The van der Waals surface area contributed by atoms with Crippen LogP contribution in [0.5, 0.6) is 0 Å². The Hall–Kier alpha value is -1.58. The number of hydrogen-bond donors (Lipinski definition) is 1. The van der Waals surface area contributed by atoms with Crippen LogP contribution in [0.15, 0.2) is 40.8 Å². The molecule has 0 bridgehead atoms. The predicted octanol–water partition coefficient (Wildman–Crippen LogP) is 5.52. The molecule has 0 radical (unpaired) electrons. The van der Waals surface area contributed by atoms with Gasteiger partial charge < -0.3 is 9.73 Å². The van der Waals surface area contributed by atoms with Gasteiger partial charge in [-0.15, -0.1) is 11.3 Å². The van der Waals surface area contributed by atoms with E-state index in [0.29, 0.717) is 6.04 Å². The molecule has 3 heteroatoms. The largest absolute Gasteiger partial charge is 0.466 e. The van der Waals surface area contributed by atoms with E-state index in [1.165, 1.54) is 20.5 Å². The zero-order chi connectivity index (χ0) is 15.0. The smallest absolute Gasteiger partial charge is 0.105 e. The highest BCUT2D eigenvalue weighted by molar-refractivity contribution is 7.19. The first-order valence-electron chi connectivity index (χ1n) is 7.36. The molecule has 0 saturated carbocycles. The Morgan fingerprint density at radius 3 is 2.48 bits per heavy atom. The Balaban J connectivity index is 1.79. The lowest BCUT2D eigenvalue weighted by molar-refractivity contribution is 0.471. The second-order valence-electron chi connectivity index (χ2n) is 5.67. The van der Waals surface area contributed by atoms with Crippen molar-refractivity contribution < 1.29 is 4.42 Å². The molecule has 0 spiro atoms. The van der Waals surface area contributed by atoms with E-state index in [9.17, 15) is 0 Å². The number of nitrogens with one attached hydrogen (secondary N) is 1. The van der Waals surface area contributed by atoms with Crippen molar-refractivity contribution in [2.45, 2.75) is 39.8 Å². The number of rotatable bonds is 4. The van der Waals surface area contributed by atoms with Crippen LogP contribution >= 0.6 is 11.3 Å². The lowest BCUT2D eigenvalue weighted by Crippen LogP contribution is -2.21. The summed E-state index contributed by atoms with van der Waals surface area (Å²) in [4.78, 5) is 1.38. The minimum atomic E-state index is 0.280. The standard InChI is InChI=1S/C18H21NOS/c1-11-9-16(14(4)20-11)12(2)19-13(3)18-10-15-7-5-6-8-17(15)21-18/h5-10,12-13,19H,1-4H3. The van der Waals surface area contributed by atoms with Gasteiger partial charge in [-0.2, -0.15) is 0 Å². The summed E-state index contributed by atoms with van der Waals surface area (Å²) in [6, 6.07) is 13.6. The normalized spacial score (nSPS) is 14.5. The first-order valence-corrected chi connectivity index (χ1v) is 8.17. The highest BCUT2D eigenvalue weighted by Gasteiger charge is 2.17. The molecular formula is C18H21NOS. The van der Waals surface area contributed by atoms with E-state index >= 15 is 0 Å². The Kier molecular flexibility index (Phi) is 3.87. The van der Waals surface area contributed by atoms with Crippen molar-refractivity contribution in [3.8, 4) is 0 Å². The highest BCUT2D eigenvalue weighted by atomic mass is 32.1. The van der Waals surface area contributed by atoms with Crippen LogP contribution in [-0.2, 0) is 0 Å². The first-order chi connectivity index (χ1) is 10.0. The Morgan fingerprint density at radius 2 is 1.81 bits per heavy atom. The number of aryl methyl sites for hydroxylation is 2. The van der Waals surface area contributed by atoms with E-state index < -0.39 is 0 Å². The van der Waals surface area contributed by atoms with Gasteiger partial charge in [-0.1, -0.05) is 18.2 Å². The maximum Gasteiger partial charge on any atom is 0.105 e. The van der Waals surface area contributed by atoms with Gasteiger partial charge in [0.15, 0.2) is 0 Å². The third-order valence-electron chi connectivity index (χ3n) is 3.92. The first kappa shape index (κ1) is 14.4. The predicted molar refractivity (Wildman–Crippen MR) is 90.0 cm³/mol. The summed E-state index contributed by atoms with van der Waals surface area (Å²) in [6.45, 7) is 8.45. The molecule has 21 heavy (non-hydrogen) atoms. The van der Waals surface area contributed by atoms with E-state index in [1.807, 2.05) is 25.2 Å². The molecule has 1 N–H and O–H groups in total. The summed E-state index contributed by atoms with van der Waals surface area (Å²) in [5.41, 5.74) is 1.25. The molecule has 110 valence electrons. The molecule has 2 heterocycles. The van der Waals surface area contributed by atoms with Gasteiger partial charge >= 0.3 is 0 Å². The fourth-order valence-corrected chi connectivity index (χ4v) is 3.92. The van der Waals surface area contributed by atoms with Crippen LogP contribution in [0, 0.1) is 13.8 Å². The fraction of sp³-hybridized carbons (Fsp3) is 0.333. The van der Waals surface area contributed by atoms with Gasteiger partial charge in [0.05, 0.1) is 0 Å². The maximum absolute atomic E-state index is 5.63. The van der Waals surface area contributed by atoms with E-state index in [2.05, 4.69) is 55.6 Å². The van der Waals surface area contributed by atoms with E-state index in [0.717, 1.165) is 11.5 Å². The zero-order valence-electron chi connectivity index (χ0n) is 12.9. The van der Waals surface area contributed by atoms with Crippen molar-refractivity contribution in [3.05, 3.63) is 58.4 Å². The van der Waals surface area contributed by atoms with Crippen LogP contribution in [0.3, 0.4) is 0 Å². The van der Waals surface area contributed by atoms with Gasteiger partial charge in [0.1, 0.15) is 11.5 Å². The summed E-state index contributed by atoms with van der Waals surface area (Å²) >= 11 is 1.87. The molecule has 1 aromatic carbocycles. The Morgan fingerprint density at radius 1 is 1.05 bits per heavy atom. The number of thiophene rings is 1. The molecule has 0 amide bonds. The number of fused-ring (bicyclic) bond motifs is 1. The van der Waals surface area contributed by atoms with Crippen molar-refractivity contribution >= 4 is 21.4 Å². The lowest BCUT2D eigenvalue weighted by Gasteiger charge is -2.18. The minimum absolute atomic E-state index is 0.280. The molecule has 3 aromatic rings. The van der Waals surface area contributed by atoms with Gasteiger partial charge in [0.25, 0.3) is 0 Å². The summed E-state index contributed by atoms with van der Waals surface area (Å²) in [6.07, 6.45) is 0. The van der Waals surface area contributed by atoms with E-state index in [-0.39, 0.29) is 6.04 Å². The van der Waals surface area contributed by atoms with Crippen LogP contribution in [0.2, 0.25) is 0 Å². The summed E-state index contributed by atoms with van der Waals surface area (Å²) in [5, 5.41) is 5.01. The molecule has 0 aliphatic rings. The van der Waals surface area contributed by atoms with Crippen molar-refractivity contribution in [1.29, 1.82) is 0 Å². The van der Waals surface area contributed by atoms with Gasteiger partial charge in [-0.3, -0.25) is 0 Å². The third kappa shape index (κ3) is 2.89. The van der Waals surface area contributed by atoms with Crippen LogP contribution in [0.4, 0.5) is 0 Å². The second-order valence-corrected chi connectivity index (χ2v) is 6.78. The summed E-state index contributed by atoms with van der Waals surface area (Å²) in [5.74, 6) is 1.99. The summed E-state index contributed by atoms with van der Waals surface area (Å²) in [7, 11) is 0. The van der Waals surface area contributed by atoms with Crippen LogP contribution in [-0.4, -0.2) is 0 Å². The minimum Gasteiger partial charge on any atom is -0.466 e. The molecule has 0 aliphatic heterocycles. The molecule has 2 unspecified atom stereocenters. The molecule has 0 fully saturated rings. The Bertz CT molecular complexity index is 723. The van der Waals surface area contributed by atoms with Crippen LogP contribution < -0.4 is 5.32 Å². The average Bonchev–Trinajstić information content (AvgIpc) is 3.01. The topological polar surface area (TPSA) is 25.2 Å². The molecule has 2 atom stereocenters. The van der Waals surface area contributed by atoms with E-state index in [1.54, 1.807) is 0 Å². The van der Waals surface area contributed by atoms with Gasteiger partial charge in [0.2, 0.25) is 0 Å². The molecule has 3 rings (SSSR count). The Labute approximate surface area is 129 Å². The summed E-state index contributed by atoms with van der Waals surface area (Å²) < 4.78 is 6.98. The highest BCUT2D eigenvalue weighted by Crippen LogP contribution is 2.31. The fourth-order valence-electron chi connectivity index (χ4n) is 2.84. The SMILES string of the molecule is Cc1cc(C(C)NC(C)c2cc3ccccc3s2)c(C)o1. The number of benzene rings is 1. The molecular weight excluding hydrogens is 278 g/mol. The van der Waals surface area contributed by atoms with Crippen LogP contribution in [0.25, 0.3) is 10.1 Å². The van der Waals surface area contributed by atoms with Crippen molar-refractivity contribution in [2.24, 2.45) is 0 Å². The molecule has 2 aromatic heterocycles. The molecule has 2 nitrogen and oxygen atoms in total. The molecule has 0 saturated heterocycles. The van der Waals surface area contributed by atoms with Crippen LogP contribution in [0.1, 0.15) is 47.9 Å². The van der Waals surface area contributed by atoms with Crippen molar-refractivity contribution in [3.63, 3.8) is 0 Å². The second kappa shape index (κ2) is 5.66. The van der Waals surface area contributed by atoms with Gasteiger partial charge in [0, 0.05) is 27.2 Å². The van der Waals surface area contributed by atoms with Gasteiger partial charge in [-0.25, -0.2) is 0 Å². The van der Waals surface area contributed by atoms with E-state index in [4.69, 9.17) is 4.42 Å². The quantitative estimate of drug-likeness (QED) is 0.686. The number of furan rings is 1. The van der Waals surface area contributed by atoms with Gasteiger partial charge in [-0.05, 0) is 51.3 Å². The van der Waals surface area contributed by atoms with Crippen molar-refractivity contribution in [2.75, 3.05) is 0 Å². The van der Waals surface area contributed by atoms with Crippen molar-refractivity contribution in [1.82, 2.24) is 5.32 Å². The third-order valence-corrected chi connectivity index (χ3v) is 5.22. The number of hydrogen-bond acceptors (Lipinski definition) is 3. The zero-order valence-corrected chi connectivity index (χ0v) is 13.8. The lowest BCUT2D eigenvalue weighted by atomic mass is 10.1. The maximum atomic E-state index is 5.63. The molecule has 0 aliphatic carbocycles. The monoisotopic (exact) mass is 299 g/mol.